The molecule has 2 saturated carbocycles. The number of aliphatic hydroxyl groups is 1. The Morgan fingerprint density at radius 3 is 2.43 bits per heavy atom. The first-order chi connectivity index (χ1) is 13.8. The lowest BCUT2D eigenvalue weighted by molar-refractivity contribution is -0.246. The fourth-order valence-corrected chi connectivity index (χ4v) is 6.13. The Balaban J connectivity index is 2.27. The van der Waals surface area contributed by atoms with Gasteiger partial charge in [0, 0.05) is 31.3 Å². The number of hydrogen-bond donors (Lipinski definition) is 1. The minimum absolute atomic E-state index is 0.0923. The number of fused-ring (bicyclic) bond motifs is 3. The van der Waals surface area contributed by atoms with E-state index >= 15 is 0 Å². The van der Waals surface area contributed by atoms with Gasteiger partial charge < -0.3 is 14.6 Å². The minimum atomic E-state index is -1.55. The minimum Gasteiger partial charge on any atom is -0.465 e. The van der Waals surface area contributed by atoms with E-state index in [1.54, 1.807) is 6.08 Å². The Morgan fingerprint density at radius 2 is 1.87 bits per heavy atom. The van der Waals surface area contributed by atoms with Gasteiger partial charge in [-0.05, 0) is 37.0 Å². The molecule has 6 heteroatoms. The molecule has 5 atom stereocenters. The highest BCUT2D eigenvalue weighted by Gasteiger charge is 2.71. The second-order valence-corrected chi connectivity index (χ2v) is 10.3. The average molecular weight is 419 g/mol. The van der Waals surface area contributed by atoms with Gasteiger partial charge in [0.15, 0.2) is 5.78 Å². The van der Waals surface area contributed by atoms with E-state index in [0.29, 0.717) is 24.8 Å². The molecule has 0 heterocycles. The van der Waals surface area contributed by atoms with Crippen molar-refractivity contribution in [3.05, 3.63) is 24.3 Å². The van der Waals surface area contributed by atoms with Crippen LogP contribution in [0.5, 0.6) is 0 Å². The van der Waals surface area contributed by atoms with E-state index < -0.39 is 34.5 Å². The van der Waals surface area contributed by atoms with Gasteiger partial charge in [-0.25, -0.2) is 0 Å². The number of ether oxygens (including phenoxy) is 2. The maximum absolute atomic E-state index is 13.3. The van der Waals surface area contributed by atoms with E-state index in [4.69, 9.17) is 9.47 Å². The monoisotopic (exact) mass is 418 g/mol. The number of allylic oxidation sites excluding steroid dienone is 2. The van der Waals surface area contributed by atoms with Gasteiger partial charge in [0.05, 0.1) is 5.41 Å². The Labute approximate surface area is 178 Å². The molecule has 3 aliphatic carbocycles. The zero-order chi connectivity index (χ0) is 22.5. The van der Waals surface area contributed by atoms with Crippen LogP contribution >= 0.6 is 0 Å². The Hall–Kier alpha value is -1.95. The second kappa shape index (κ2) is 7.33. The lowest BCUT2D eigenvalue weighted by Crippen LogP contribution is -2.71. The van der Waals surface area contributed by atoms with E-state index in [9.17, 15) is 19.5 Å². The van der Waals surface area contributed by atoms with Crippen LogP contribution in [0.25, 0.3) is 0 Å². The molecule has 2 fully saturated rings. The second-order valence-electron chi connectivity index (χ2n) is 10.3. The van der Waals surface area contributed by atoms with E-state index in [1.165, 1.54) is 13.8 Å². The molecule has 166 valence electrons. The van der Waals surface area contributed by atoms with E-state index in [1.807, 2.05) is 13.0 Å². The molecule has 0 aliphatic heterocycles. The van der Waals surface area contributed by atoms with Crippen LogP contribution in [-0.2, 0) is 23.9 Å². The van der Waals surface area contributed by atoms with Crippen LogP contribution in [0.1, 0.15) is 66.7 Å². The van der Waals surface area contributed by atoms with Gasteiger partial charge in [-0.2, -0.15) is 0 Å². The SMILES string of the molecule is C=C[C@]1(C)C=C2C(=O)C[C@H]3C(C)(C)CC[C@@H](OC(C)=O)[C@]3(COC(C)=O)[C@@]2(O)CC1. The zero-order valence-electron chi connectivity index (χ0n) is 18.7. The number of rotatable bonds is 4. The first-order valence-electron chi connectivity index (χ1n) is 10.7. The van der Waals surface area contributed by atoms with Gasteiger partial charge in [-0.3, -0.25) is 14.4 Å². The summed E-state index contributed by atoms with van der Waals surface area (Å²) < 4.78 is 11.3. The molecule has 0 saturated heterocycles. The van der Waals surface area contributed by atoms with E-state index in [0.717, 1.165) is 6.42 Å². The van der Waals surface area contributed by atoms with Gasteiger partial charge in [0.2, 0.25) is 0 Å². The molecule has 0 amide bonds. The van der Waals surface area contributed by atoms with Crippen molar-refractivity contribution in [2.24, 2.45) is 22.2 Å². The third kappa shape index (κ3) is 3.33. The highest BCUT2D eigenvalue weighted by atomic mass is 16.6. The number of esters is 2. The maximum Gasteiger partial charge on any atom is 0.302 e. The summed E-state index contributed by atoms with van der Waals surface area (Å²) in [7, 11) is 0. The van der Waals surface area contributed by atoms with Crippen LogP contribution in [0.3, 0.4) is 0 Å². The third-order valence-corrected chi connectivity index (χ3v) is 7.88. The van der Waals surface area contributed by atoms with Crippen LogP contribution in [0.2, 0.25) is 0 Å². The molecule has 6 nitrogen and oxygen atoms in total. The number of carbonyl (C=O) groups is 3. The van der Waals surface area contributed by atoms with Crippen molar-refractivity contribution in [1.29, 1.82) is 0 Å². The van der Waals surface area contributed by atoms with Crippen LogP contribution in [0, 0.1) is 22.2 Å². The molecular weight excluding hydrogens is 384 g/mol. The van der Waals surface area contributed by atoms with Crippen LogP contribution < -0.4 is 0 Å². The number of Topliss-reactive ketones (excluding diaryl/α,β-unsaturated/α-hetero) is 1. The third-order valence-electron chi connectivity index (χ3n) is 7.88. The molecular formula is C24H34O6. The largest absolute Gasteiger partial charge is 0.465 e. The van der Waals surface area contributed by atoms with Crippen molar-refractivity contribution in [3.8, 4) is 0 Å². The van der Waals surface area contributed by atoms with Gasteiger partial charge >= 0.3 is 11.9 Å². The summed E-state index contributed by atoms with van der Waals surface area (Å²) in [6, 6.07) is 0. The van der Waals surface area contributed by atoms with Gasteiger partial charge in [-0.1, -0.05) is 32.9 Å². The molecule has 0 aromatic rings. The molecule has 0 aromatic carbocycles. The van der Waals surface area contributed by atoms with Crippen LogP contribution in [0.4, 0.5) is 0 Å². The molecule has 30 heavy (non-hydrogen) atoms. The molecule has 3 aliphatic rings. The van der Waals surface area contributed by atoms with Crippen molar-refractivity contribution < 1.29 is 29.0 Å². The van der Waals surface area contributed by atoms with Crippen LogP contribution in [0.15, 0.2) is 24.3 Å². The molecule has 0 aromatic heterocycles. The fraction of sp³-hybridized carbons (Fsp3) is 0.708. The maximum atomic E-state index is 13.3. The van der Waals surface area contributed by atoms with Crippen molar-refractivity contribution >= 4 is 17.7 Å². The summed E-state index contributed by atoms with van der Waals surface area (Å²) in [4.78, 5) is 37.1. The molecule has 0 radical (unpaired) electrons. The first-order valence-corrected chi connectivity index (χ1v) is 10.7. The quantitative estimate of drug-likeness (QED) is 0.555. The summed E-state index contributed by atoms with van der Waals surface area (Å²) in [5.74, 6) is -1.31. The molecule has 1 N–H and O–H groups in total. The summed E-state index contributed by atoms with van der Waals surface area (Å²) >= 11 is 0. The highest BCUT2D eigenvalue weighted by Crippen LogP contribution is 2.65. The number of hydrogen-bond acceptors (Lipinski definition) is 6. The number of carbonyl (C=O) groups excluding carboxylic acids is 3. The Morgan fingerprint density at radius 1 is 1.20 bits per heavy atom. The van der Waals surface area contributed by atoms with Gasteiger partial charge in [0.25, 0.3) is 0 Å². The first kappa shape index (κ1) is 22.7. The lowest BCUT2D eigenvalue weighted by Gasteiger charge is -2.64. The predicted molar refractivity (Wildman–Crippen MR) is 111 cm³/mol. The normalized spacial score (nSPS) is 39.8. The Bertz CT molecular complexity index is 811. The zero-order valence-corrected chi connectivity index (χ0v) is 18.7. The van der Waals surface area contributed by atoms with Gasteiger partial charge in [-0.15, -0.1) is 6.58 Å². The van der Waals surface area contributed by atoms with Crippen LogP contribution in [-0.4, -0.2) is 41.1 Å². The molecule has 0 bridgehead atoms. The lowest BCUT2D eigenvalue weighted by atomic mass is 9.42. The average Bonchev–Trinajstić information content (AvgIpc) is 2.65. The smallest absolute Gasteiger partial charge is 0.302 e. The topological polar surface area (TPSA) is 89.9 Å². The highest BCUT2D eigenvalue weighted by molar-refractivity contribution is 5.99. The van der Waals surface area contributed by atoms with E-state index in [2.05, 4.69) is 20.4 Å². The standard InChI is InChI=1S/C24H34O6/c1-7-22(6)10-11-24(28)17(13-22)18(27)12-19-21(4,5)9-8-20(30-16(3)26)23(19,24)14-29-15(2)25/h7,13,19-20,28H,1,8-12,14H2,2-6H3/t19-,20+,22-,23+,24+/m0/s1. The van der Waals surface area contributed by atoms with Crippen molar-refractivity contribution in [1.82, 2.24) is 0 Å². The van der Waals surface area contributed by atoms with Gasteiger partial charge in [0.1, 0.15) is 18.3 Å². The molecule has 0 spiro atoms. The summed E-state index contributed by atoms with van der Waals surface area (Å²) in [6.45, 7) is 12.6. The predicted octanol–water partition coefficient (Wildman–Crippen LogP) is 3.52. The van der Waals surface area contributed by atoms with E-state index in [-0.39, 0.29) is 30.1 Å². The van der Waals surface area contributed by atoms with Crippen molar-refractivity contribution in [2.75, 3.05) is 6.61 Å². The fourth-order valence-electron chi connectivity index (χ4n) is 6.13. The van der Waals surface area contributed by atoms with Crippen molar-refractivity contribution in [3.63, 3.8) is 0 Å². The number of ketones is 1. The summed E-state index contributed by atoms with van der Waals surface area (Å²) in [5.41, 5.74) is -3.01. The summed E-state index contributed by atoms with van der Waals surface area (Å²) in [5, 5.41) is 12.3. The summed E-state index contributed by atoms with van der Waals surface area (Å²) in [6.07, 6.45) is 5.35. The molecule has 3 rings (SSSR count). The molecule has 0 unspecified atom stereocenters. The van der Waals surface area contributed by atoms with Crippen molar-refractivity contribution in [2.45, 2.75) is 78.4 Å². The Kier molecular flexibility index (Phi) is 5.55.